The van der Waals surface area contributed by atoms with Crippen molar-refractivity contribution in [3.63, 3.8) is 0 Å². The van der Waals surface area contributed by atoms with Gasteiger partial charge in [-0.15, -0.1) is 0 Å². The lowest BCUT2D eigenvalue weighted by Gasteiger charge is -2.16. The predicted octanol–water partition coefficient (Wildman–Crippen LogP) is -1.29. The van der Waals surface area contributed by atoms with Gasteiger partial charge in [0, 0.05) is 0 Å². The van der Waals surface area contributed by atoms with E-state index < -0.39 is 18.0 Å². The molecular weight excluding hydrogens is 192 g/mol. The maximum absolute atomic E-state index is 10.8. The summed E-state index contributed by atoms with van der Waals surface area (Å²) in [7, 11) is 2.33. The summed E-state index contributed by atoms with van der Waals surface area (Å²) in [6, 6.07) is -0.888. The second kappa shape index (κ2) is 5.79. The van der Waals surface area contributed by atoms with Crippen LogP contribution in [0.5, 0.6) is 0 Å². The van der Waals surface area contributed by atoms with Gasteiger partial charge in [-0.1, -0.05) is 0 Å². The Labute approximate surface area is 80.7 Å². The van der Waals surface area contributed by atoms with Gasteiger partial charge in [0.15, 0.2) is 0 Å². The zero-order chi connectivity index (χ0) is 11.1. The van der Waals surface area contributed by atoms with Gasteiger partial charge in [-0.25, -0.2) is 4.79 Å². The number of hydrogen-bond donors (Lipinski definition) is 1. The molecule has 7 nitrogen and oxygen atoms in total. The second-order valence-electron chi connectivity index (χ2n) is 2.35. The molecule has 0 unspecified atom stereocenters. The number of methoxy groups -OCH3 is 2. The van der Waals surface area contributed by atoms with Crippen molar-refractivity contribution in [2.75, 3.05) is 27.3 Å². The van der Waals surface area contributed by atoms with Gasteiger partial charge in [-0.05, 0) is 0 Å². The van der Waals surface area contributed by atoms with E-state index in [1.165, 1.54) is 14.2 Å². The van der Waals surface area contributed by atoms with Gasteiger partial charge in [-0.3, -0.25) is 9.59 Å². The standard InChI is InChI=1S/C7H12N2O5/c1-13-5(10)3-9(7(8)12)4-6(11)14-2/h3-4H2,1-2H3,(H2,8,12). The number of nitrogens with two attached hydrogens (primary N) is 1. The van der Waals surface area contributed by atoms with Crippen LogP contribution in [0.4, 0.5) is 4.79 Å². The van der Waals surface area contributed by atoms with Crippen molar-refractivity contribution >= 4 is 18.0 Å². The van der Waals surface area contributed by atoms with Crippen LogP contribution < -0.4 is 5.73 Å². The van der Waals surface area contributed by atoms with E-state index in [1.54, 1.807) is 0 Å². The molecule has 0 aliphatic heterocycles. The van der Waals surface area contributed by atoms with E-state index in [1.807, 2.05) is 0 Å². The molecule has 0 heterocycles. The zero-order valence-electron chi connectivity index (χ0n) is 7.98. The number of ether oxygens (including phenoxy) is 2. The van der Waals surface area contributed by atoms with E-state index in [-0.39, 0.29) is 13.1 Å². The van der Waals surface area contributed by atoms with Crippen LogP contribution in [0.25, 0.3) is 0 Å². The number of esters is 2. The number of hydrogen-bond acceptors (Lipinski definition) is 5. The first-order valence-electron chi connectivity index (χ1n) is 3.69. The van der Waals surface area contributed by atoms with Gasteiger partial charge in [-0.2, -0.15) is 0 Å². The smallest absolute Gasteiger partial charge is 0.325 e. The molecule has 0 aliphatic rings. The van der Waals surface area contributed by atoms with Crippen LogP contribution in [0.1, 0.15) is 0 Å². The lowest BCUT2D eigenvalue weighted by molar-refractivity contribution is -0.144. The first kappa shape index (κ1) is 12.2. The molecule has 0 saturated heterocycles. The molecule has 0 aromatic heterocycles. The van der Waals surface area contributed by atoms with E-state index in [0.717, 1.165) is 4.90 Å². The van der Waals surface area contributed by atoms with Gasteiger partial charge in [0.1, 0.15) is 13.1 Å². The third-order valence-corrected chi connectivity index (χ3v) is 1.41. The summed E-state index contributed by atoms with van der Waals surface area (Å²) in [5, 5.41) is 0. The fraction of sp³-hybridized carbons (Fsp3) is 0.571. The molecule has 0 bridgehead atoms. The summed E-state index contributed by atoms with van der Waals surface area (Å²) >= 11 is 0. The fourth-order valence-electron chi connectivity index (χ4n) is 0.653. The van der Waals surface area contributed by atoms with Crippen LogP contribution in [0, 0.1) is 0 Å². The summed E-state index contributed by atoms with van der Waals surface area (Å²) in [5.74, 6) is -1.32. The van der Waals surface area contributed by atoms with Gasteiger partial charge in [0.05, 0.1) is 14.2 Å². The highest BCUT2D eigenvalue weighted by Gasteiger charge is 2.18. The highest BCUT2D eigenvalue weighted by molar-refractivity contribution is 5.84. The molecule has 0 aromatic rings. The quantitative estimate of drug-likeness (QED) is 0.574. The third kappa shape index (κ3) is 4.29. The number of urea groups is 1. The summed E-state index contributed by atoms with van der Waals surface area (Å²) in [6.45, 7) is -0.748. The molecule has 0 fully saturated rings. The molecule has 0 rings (SSSR count). The van der Waals surface area contributed by atoms with Crippen molar-refractivity contribution in [2.45, 2.75) is 0 Å². The van der Waals surface area contributed by atoms with Gasteiger partial charge in [0.25, 0.3) is 0 Å². The summed E-state index contributed by atoms with van der Waals surface area (Å²) in [6.07, 6.45) is 0. The normalized spacial score (nSPS) is 9.00. The number of primary amides is 1. The van der Waals surface area contributed by atoms with Crippen LogP contribution in [-0.2, 0) is 19.1 Å². The first-order valence-corrected chi connectivity index (χ1v) is 3.69. The molecule has 0 aromatic carbocycles. The van der Waals surface area contributed by atoms with Gasteiger partial charge < -0.3 is 20.1 Å². The first-order chi connectivity index (χ1) is 6.51. The van der Waals surface area contributed by atoms with Crippen molar-refractivity contribution in [1.29, 1.82) is 0 Å². The Morgan fingerprint density at radius 3 is 1.64 bits per heavy atom. The monoisotopic (exact) mass is 204 g/mol. The Kier molecular flexibility index (Phi) is 5.05. The molecule has 0 saturated carbocycles. The zero-order valence-corrected chi connectivity index (χ0v) is 7.98. The third-order valence-electron chi connectivity index (χ3n) is 1.41. The Morgan fingerprint density at radius 2 is 1.43 bits per heavy atom. The van der Waals surface area contributed by atoms with E-state index in [4.69, 9.17) is 5.73 Å². The Bertz CT molecular complexity index is 222. The molecule has 0 spiro atoms. The van der Waals surface area contributed by atoms with E-state index in [2.05, 4.69) is 9.47 Å². The van der Waals surface area contributed by atoms with Crippen LogP contribution in [-0.4, -0.2) is 50.2 Å². The van der Waals surface area contributed by atoms with E-state index >= 15 is 0 Å². The van der Waals surface area contributed by atoms with Crippen LogP contribution >= 0.6 is 0 Å². The van der Waals surface area contributed by atoms with Crippen molar-refractivity contribution < 1.29 is 23.9 Å². The maximum Gasteiger partial charge on any atom is 0.325 e. The second-order valence-corrected chi connectivity index (χ2v) is 2.35. The lowest BCUT2D eigenvalue weighted by atomic mass is 10.5. The number of nitrogens with zero attached hydrogens (tertiary/aromatic N) is 1. The van der Waals surface area contributed by atoms with Gasteiger partial charge >= 0.3 is 18.0 Å². The van der Waals surface area contributed by atoms with Crippen LogP contribution in [0.2, 0.25) is 0 Å². The highest BCUT2D eigenvalue weighted by atomic mass is 16.5. The molecule has 0 aliphatic carbocycles. The number of carbonyl (C=O) groups excluding carboxylic acids is 3. The number of rotatable bonds is 4. The molecule has 2 amide bonds. The summed E-state index contributed by atoms with van der Waals surface area (Å²) < 4.78 is 8.61. The Balaban J connectivity index is 4.23. The molecule has 0 atom stereocenters. The molecule has 0 radical (unpaired) electrons. The minimum absolute atomic E-state index is 0.374. The topological polar surface area (TPSA) is 98.9 Å². The Morgan fingerprint density at radius 1 is 1.07 bits per heavy atom. The maximum atomic E-state index is 10.8. The SMILES string of the molecule is COC(=O)CN(CC(=O)OC)C(N)=O. The molecule has 80 valence electrons. The highest BCUT2D eigenvalue weighted by Crippen LogP contribution is 1.90. The van der Waals surface area contributed by atoms with Crippen molar-refractivity contribution in [3.05, 3.63) is 0 Å². The summed E-state index contributed by atoms with van der Waals surface area (Å²) in [5.41, 5.74) is 4.91. The minimum Gasteiger partial charge on any atom is -0.468 e. The molecule has 7 heteroatoms. The molecule has 14 heavy (non-hydrogen) atoms. The fourth-order valence-corrected chi connectivity index (χ4v) is 0.653. The van der Waals surface area contributed by atoms with E-state index in [0.29, 0.717) is 0 Å². The Hall–Kier alpha value is -1.79. The minimum atomic E-state index is -0.888. The van der Waals surface area contributed by atoms with Gasteiger partial charge in [0.2, 0.25) is 0 Å². The summed E-state index contributed by atoms with van der Waals surface area (Å²) in [4.78, 5) is 33.1. The lowest BCUT2D eigenvalue weighted by Crippen LogP contribution is -2.43. The van der Waals surface area contributed by atoms with Crippen molar-refractivity contribution in [1.82, 2.24) is 4.90 Å². The van der Waals surface area contributed by atoms with Crippen molar-refractivity contribution in [3.8, 4) is 0 Å². The van der Waals surface area contributed by atoms with Crippen LogP contribution in [0.3, 0.4) is 0 Å². The largest absolute Gasteiger partial charge is 0.468 e. The number of amides is 2. The number of carbonyl (C=O) groups is 3. The molecular formula is C7H12N2O5. The predicted molar refractivity (Wildman–Crippen MR) is 45.2 cm³/mol. The molecule has 2 N–H and O–H groups in total. The van der Waals surface area contributed by atoms with Crippen molar-refractivity contribution in [2.24, 2.45) is 5.73 Å². The van der Waals surface area contributed by atoms with Crippen LogP contribution in [0.15, 0.2) is 0 Å². The average molecular weight is 204 g/mol. The van der Waals surface area contributed by atoms with E-state index in [9.17, 15) is 14.4 Å². The average Bonchev–Trinajstić information content (AvgIpc) is 2.16.